The Morgan fingerprint density at radius 2 is 1.81 bits per heavy atom. The van der Waals surface area contributed by atoms with Gasteiger partial charge in [0.05, 0.1) is 11.7 Å². The zero-order valence-electron chi connectivity index (χ0n) is 17.9. The van der Waals surface area contributed by atoms with E-state index in [1.165, 1.54) is 12.1 Å². The second kappa shape index (κ2) is 9.07. The van der Waals surface area contributed by atoms with Crippen LogP contribution >= 0.6 is 0 Å². The van der Waals surface area contributed by atoms with Crippen molar-refractivity contribution in [2.24, 2.45) is 0 Å². The van der Waals surface area contributed by atoms with E-state index < -0.39 is 34.7 Å². The number of halogens is 1. The van der Waals surface area contributed by atoms with Gasteiger partial charge in [0, 0.05) is 12.1 Å². The summed E-state index contributed by atoms with van der Waals surface area (Å²) in [6.07, 6.45) is 0.656. The molecule has 1 amide bonds. The lowest BCUT2D eigenvalue weighted by Crippen LogP contribution is -2.48. The van der Waals surface area contributed by atoms with Crippen LogP contribution in [0.5, 0.6) is 0 Å². The molecule has 31 heavy (non-hydrogen) atoms. The fourth-order valence-electron chi connectivity index (χ4n) is 3.13. The van der Waals surface area contributed by atoms with Gasteiger partial charge in [-0.3, -0.25) is 9.59 Å². The Hall–Kier alpha value is -3.55. The quantitative estimate of drug-likeness (QED) is 0.659. The van der Waals surface area contributed by atoms with Gasteiger partial charge in [-0.15, -0.1) is 0 Å². The van der Waals surface area contributed by atoms with Crippen LogP contribution in [-0.2, 0) is 0 Å². The number of aromatic nitrogens is 3. The predicted octanol–water partition coefficient (Wildman–Crippen LogP) is 2.98. The molecule has 2 aromatic carbocycles. The summed E-state index contributed by atoms with van der Waals surface area (Å²) in [5, 5.41) is 6.74. The molecule has 0 spiro atoms. The average Bonchev–Trinajstić information content (AvgIpc) is 2.76. The second-order valence-electron chi connectivity index (χ2n) is 7.52. The summed E-state index contributed by atoms with van der Waals surface area (Å²) in [5.41, 5.74) is -0.751. The Balaban J connectivity index is 2.27. The molecule has 162 valence electrons. The van der Waals surface area contributed by atoms with Crippen LogP contribution in [-0.4, -0.2) is 26.3 Å². The smallest absolute Gasteiger partial charge is 0.348 e. The van der Waals surface area contributed by atoms with Crippen molar-refractivity contribution in [1.29, 1.82) is 0 Å². The van der Waals surface area contributed by atoms with E-state index in [-0.39, 0.29) is 11.7 Å². The highest BCUT2D eigenvalue weighted by Crippen LogP contribution is 2.15. The van der Waals surface area contributed by atoms with E-state index in [4.69, 9.17) is 0 Å². The van der Waals surface area contributed by atoms with E-state index in [1.807, 2.05) is 13.0 Å². The molecule has 3 rings (SSSR count). The maximum atomic E-state index is 14.2. The van der Waals surface area contributed by atoms with Crippen molar-refractivity contribution >= 4 is 5.91 Å². The number of aryl methyl sites for hydroxylation is 1. The molecule has 0 radical (unpaired) electrons. The van der Waals surface area contributed by atoms with Gasteiger partial charge in [-0.2, -0.15) is 9.78 Å². The molecule has 7 nitrogen and oxygen atoms in total. The Morgan fingerprint density at radius 1 is 1.13 bits per heavy atom. The van der Waals surface area contributed by atoms with Crippen LogP contribution in [0.4, 0.5) is 4.39 Å². The molecule has 1 aromatic heterocycles. The predicted molar refractivity (Wildman–Crippen MR) is 116 cm³/mol. The van der Waals surface area contributed by atoms with Gasteiger partial charge in [0.1, 0.15) is 5.82 Å². The Bertz CT molecular complexity index is 1220. The van der Waals surface area contributed by atoms with Crippen LogP contribution < -0.4 is 16.6 Å². The van der Waals surface area contributed by atoms with Crippen LogP contribution in [0.1, 0.15) is 54.8 Å². The average molecular weight is 424 g/mol. The molecule has 0 saturated heterocycles. The van der Waals surface area contributed by atoms with Gasteiger partial charge in [-0.25, -0.2) is 13.8 Å². The van der Waals surface area contributed by atoms with E-state index in [2.05, 4.69) is 10.4 Å². The molecule has 1 N–H and O–H groups in total. The minimum atomic E-state index is -0.800. The van der Waals surface area contributed by atoms with Crippen LogP contribution in [0.3, 0.4) is 0 Å². The molecule has 0 bridgehead atoms. The largest absolute Gasteiger partial charge is 0.352 e. The first-order valence-corrected chi connectivity index (χ1v) is 10.1. The summed E-state index contributed by atoms with van der Waals surface area (Å²) >= 11 is 0. The summed E-state index contributed by atoms with van der Waals surface area (Å²) in [7, 11) is 0. The number of rotatable bonds is 6. The first-order valence-electron chi connectivity index (χ1n) is 10.1. The van der Waals surface area contributed by atoms with Gasteiger partial charge in [-0.1, -0.05) is 43.3 Å². The minimum Gasteiger partial charge on any atom is -0.348 e. The van der Waals surface area contributed by atoms with Gasteiger partial charge < -0.3 is 5.32 Å². The molecule has 0 aliphatic heterocycles. The van der Waals surface area contributed by atoms with Crippen molar-refractivity contribution in [2.45, 2.75) is 46.2 Å². The second-order valence-corrected chi connectivity index (χ2v) is 7.52. The van der Waals surface area contributed by atoms with Gasteiger partial charge in [0.15, 0.2) is 0 Å². The van der Waals surface area contributed by atoms with E-state index in [0.29, 0.717) is 17.5 Å². The molecular formula is C23H25FN4O3. The Kier molecular flexibility index (Phi) is 6.48. The molecule has 0 saturated carbocycles. The molecule has 2 atom stereocenters. The van der Waals surface area contributed by atoms with E-state index in [1.54, 1.807) is 45.0 Å². The summed E-state index contributed by atoms with van der Waals surface area (Å²) in [5.74, 6) is -1.21. The topological polar surface area (TPSA) is 86.0 Å². The first kappa shape index (κ1) is 22.1. The number of nitrogens with one attached hydrogen (secondary N) is 1. The molecule has 1 heterocycles. The Morgan fingerprint density at radius 3 is 2.42 bits per heavy atom. The Labute approximate surface area is 179 Å². The highest BCUT2D eigenvalue weighted by atomic mass is 19.1. The van der Waals surface area contributed by atoms with E-state index >= 15 is 0 Å². The highest BCUT2D eigenvalue weighted by molar-refractivity contribution is 5.92. The summed E-state index contributed by atoms with van der Waals surface area (Å²) in [6.45, 7) is 6.98. The highest BCUT2D eigenvalue weighted by Gasteiger charge is 2.24. The van der Waals surface area contributed by atoms with E-state index in [0.717, 1.165) is 15.3 Å². The number of carbonyl (C=O) groups is 1. The van der Waals surface area contributed by atoms with Gasteiger partial charge in [0.25, 0.3) is 11.5 Å². The number of hydrogen-bond acceptors (Lipinski definition) is 4. The van der Waals surface area contributed by atoms with Crippen LogP contribution in [0, 0.1) is 12.7 Å². The summed E-state index contributed by atoms with van der Waals surface area (Å²) in [4.78, 5) is 39.2. The molecule has 0 aliphatic rings. The fraction of sp³-hybridized carbons (Fsp3) is 0.304. The molecule has 0 fully saturated rings. The van der Waals surface area contributed by atoms with Gasteiger partial charge >= 0.3 is 5.69 Å². The molecule has 0 aliphatic carbocycles. The molecule has 2 unspecified atom stereocenters. The number of amides is 1. The number of hydrogen-bond donors (Lipinski definition) is 1. The lowest BCUT2D eigenvalue weighted by atomic mass is 10.1. The third-order valence-corrected chi connectivity index (χ3v) is 5.28. The van der Waals surface area contributed by atoms with Crippen molar-refractivity contribution in [2.75, 3.05) is 0 Å². The van der Waals surface area contributed by atoms with Gasteiger partial charge in [0.2, 0.25) is 5.69 Å². The monoisotopic (exact) mass is 424 g/mol. The van der Waals surface area contributed by atoms with Crippen molar-refractivity contribution < 1.29 is 9.18 Å². The third kappa shape index (κ3) is 4.47. The van der Waals surface area contributed by atoms with Crippen molar-refractivity contribution in [3.8, 4) is 5.69 Å². The lowest BCUT2D eigenvalue weighted by Gasteiger charge is -2.18. The fourth-order valence-corrected chi connectivity index (χ4v) is 3.13. The van der Waals surface area contributed by atoms with Crippen molar-refractivity contribution in [3.63, 3.8) is 0 Å². The van der Waals surface area contributed by atoms with E-state index in [9.17, 15) is 18.8 Å². The minimum absolute atomic E-state index is 0.125. The normalized spacial score (nSPS) is 12.9. The molecular weight excluding hydrogens is 399 g/mol. The van der Waals surface area contributed by atoms with Crippen LogP contribution in [0.2, 0.25) is 0 Å². The summed E-state index contributed by atoms with van der Waals surface area (Å²) in [6, 6.07) is 12.3. The maximum absolute atomic E-state index is 14.2. The maximum Gasteiger partial charge on any atom is 0.352 e. The number of nitrogens with zero attached hydrogens (tertiary/aromatic N) is 3. The lowest BCUT2D eigenvalue weighted by molar-refractivity contribution is 0.0929. The SMILES string of the molecule is CCC(C)NC(=O)c1nn(-c2ccc(C)c(F)c2)c(=O)n(C(C)c2ccccc2)c1=O. The molecule has 3 aromatic rings. The van der Waals surface area contributed by atoms with Crippen LogP contribution in [0.15, 0.2) is 58.1 Å². The molecule has 8 heteroatoms. The zero-order chi connectivity index (χ0) is 22.7. The van der Waals surface area contributed by atoms with Crippen molar-refractivity contribution in [3.05, 3.63) is 92.0 Å². The van der Waals surface area contributed by atoms with Gasteiger partial charge in [-0.05, 0) is 44.4 Å². The standard InChI is InChI=1S/C23H25FN4O3/c1-5-15(3)25-21(29)20-22(30)27(16(4)17-9-7-6-8-10-17)23(31)28(26-20)18-12-11-14(2)19(24)13-18/h6-13,15-16H,5H2,1-4H3,(H,25,29). The number of benzene rings is 2. The summed E-state index contributed by atoms with van der Waals surface area (Å²) < 4.78 is 16.1. The zero-order valence-corrected chi connectivity index (χ0v) is 17.9. The van der Waals surface area contributed by atoms with Crippen LogP contribution in [0.25, 0.3) is 5.69 Å². The van der Waals surface area contributed by atoms with Crippen molar-refractivity contribution in [1.82, 2.24) is 19.7 Å². The third-order valence-electron chi connectivity index (χ3n) is 5.28. The first-order chi connectivity index (χ1) is 14.7. The number of carbonyl (C=O) groups excluding carboxylic acids is 1.